The highest BCUT2D eigenvalue weighted by molar-refractivity contribution is 14.0. The molecule has 1 aliphatic heterocycles. The summed E-state index contributed by atoms with van der Waals surface area (Å²) in [6, 6.07) is 0.655. The van der Waals surface area contributed by atoms with E-state index in [9.17, 15) is 4.79 Å². The molecular weight excluding hydrogens is 469 g/mol. The van der Waals surface area contributed by atoms with Gasteiger partial charge < -0.3 is 20.7 Å². The Labute approximate surface area is 188 Å². The third-order valence-corrected chi connectivity index (χ3v) is 4.77. The van der Waals surface area contributed by atoms with Gasteiger partial charge in [-0.15, -0.1) is 24.0 Å². The van der Waals surface area contributed by atoms with Crippen LogP contribution in [-0.4, -0.2) is 74.8 Å². The maximum atomic E-state index is 11.9. The number of nitrogens with one attached hydrogen (secondary N) is 3. The number of hydrogen-bond acceptors (Lipinski definition) is 4. The minimum atomic E-state index is 0. The molecule has 0 radical (unpaired) electrons. The lowest BCUT2D eigenvalue weighted by Gasteiger charge is -2.34. The van der Waals surface area contributed by atoms with Gasteiger partial charge in [-0.1, -0.05) is 20.8 Å². The first kappa shape index (κ1) is 27.4. The summed E-state index contributed by atoms with van der Waals surface area (Å²) in [5.41, 5.74) is 0. The largest absolute Gasteiger partial charge is 0.379 e. The Morgan fingerprint density at radius 3 is 2.39 bits per heavy atom. The number of carbonyl (C=O) groups excluding carboxylic acids is 1. The molecule has 1 rings (SSSR count). The van der Waals surface area contributed by atoms with E-state index < -0.39 is 0 Å². The van der Waals surface area contributed by atoms with E-state index in [1.807, 2.05) is 6.92 Å². The minimum absolute atomic E-state index is 0. The van der Waals surface area contributed by atoms with Crippen LogP contribution in [0.25, 0.3) is 0 Å². The molecule has 0 aliphatic carbocycles. The molecular formula is C20H42IN5O2. The van der Waals surface area contributed by atoms with Gasteiger partial charge in [-0.3, -0.25) is 14.7 Å². The molecule has 1 saturated heterocycles. The predicted octanol–water partition coefficient (Wildman–Crippen LogP) is 2.21. The number of guanidine groups is 1. The zero-order valence-electron chi connectivity index (χ0n) is 18.4. The van der Waals surface area contributed by atoms with E-state index >= 15 is 0 Å². The molecule has 0 aromatic carbocycles. The van der Waals surface area contributed by atoms with Gasteiger partial charge in [0.1, 0.15) is 0 Å². The van der Waals surface area contributed by atoms with E-state index in [1.54, 1.807) is 0 Å². The first-order valence-electron chi connectivity index (χ1n) is 10.6. The summed E-state index contributed by atoms with van der Waals surface area (Å²) in [4.78, 5) is 19.2. The number of ether oxygens (including phenoxy) is 1. The van der Waals surface area contributed by atoms with Gasteiger partial charge in [-0.05, 0) is 32.6 Å². The number of hydrogen-bond donors (Lipinski definition) is 3. The molecule has 0 spiro atoms. The second kappa shape index (κ2) is 16.2. The lowest BCUT2D eigenvalue weighted by Crippen LogP contribution is -2.46. The smallest absolute Gasteiger partial charge is 0.221 e. The molecule has 1 fully saturated rings. The Bertz CT molecular complexity index is 442. The predicted molar refractivity (Wildman–Crippen MR) is 128 cm³/mol. The van der Waals surface area contributed by atoms with Crippen molar-refractivity contribution in [2.45, 2.75) is 66.0 Å². The van der Waals surface area contributed by atoms with Crippen molar-refractivity contribution in [2.75, 3.05) is 45.9 Å². The first-order chi connectivity index (χ1) is 13.0. The quantitative estimate of drug-likeness (QED) is 0.225. The van der Waals surface area contributed by atoms with E-state index in [-0.39, 0.29) is 35.9 Å². The van der Waals surface area contributed by atoms with Gasteiger partial charge in [-0.2, -0.15) is 0 Å². The number of nitrogens with zero attached hydrogens (tertiary/aromatic N) is 2. The van der Waals surface area contributed by atoms with Crippen LogP contribution in [0.15, 0.2) is 4.99 Å². The van der Waals surface area contributed by atoms with Gasteiger partial charge in [0, 0.05) is 44.7 Å². The van der Waals surface area contributed by atoms with Crippen molar-refractivity contribution in [3.63, 3.8) is 0 Å². The molecule has 8 heteroatoms. The molecule has 0 saturated carbocycles. The first-order valence-corrected chi connectivity index (χ1v) is 10.6. The SMILES string of the molecule is CCNC(=NCC(CC(C)C)N1CCOCC1)NCCC(=O)NC(C)CC.I. The molecule has 0 aromatic heterocycles. The van der Waals surface area contributed by atoms with E-state index in [4.69, 9.17) is 9.73 Å². The third kappa shape index (κ3) is 12.1. The van der Waals surface area contributed by atoms with Crippen LogP contribution < -0.4 is 16.0 Å². The fraction of sp³-hybridized carbons (Fsp3) is 0.900. The monoisotopic (exact) mass is 511 g/mol. The highest BCUT2D eigenvalue weighted by atomic mass is 127. The van der Waals surface area contributed by atoms with E-state index in [0.717, 1.165) is 58.2 Å². The van der Waals surface area contributed by atoms with Gasteiger partial charge in [0.15, 0.2) is 5.96 Å². The lowest BCUT2D eigenvalue weighted by molar-refractivity contribution is -0.121. The highest BCUT2D eigenvalue weighted by Gasteiger charge is 2.21. The average molecular weight is 511 g/mol. The summed E-state index contributed by atoms with van der Waals surface area (Å²) >= 11 is 0. The van der Waals surface area contributed by atoms with Crippen molar-refractivity contribution in [3.8, 4) is 0 Å². The Morgan fingerprint density at radius 2 is 1.82 bits per heavy atom. The van der Waals surface area contributed by atoms with E-state index in [1.165, 1.54) is 0 Å². The summed E-state index contributed by atoms with van der Waals surface area (Å²) in [5.74, 6) is 1.50. The Kier molecular flexibility index (Phi) is 15.9. The van der Waals surface area contributed by atoms with Gasteiger partial charge in [0.2, 0.25) is 5.91 Å². The number of amides is 1. The minimum Gasteiger partial charge on any atom is -0.379 e. The van der Waals surface area contributed by atoms with Crippen LogP contribution in [0.1, 0.15) is 53.9 Å². The Morgan fingerprint density at radius 1 is 1.14 bits per heavy atom. The molecule has 3 N–H and O–H groups in total. The molecule has 166 valence electrons. The van der Waals surface area contributed by atoms with Crippen molar-refractivity contribution in [1.29, 1.82) is 0 Å². The molecule has 0 aromatic rings. The molecule has 7 nitrogen and oxygen atoms in total. The highest BCUT2D eigenvalue weighted by Crippen LogP contribution is 2.14. The van der Waals surface area contributed by atoms with Crippen LogP contribution >= 0.6 is 24.0 Å². The van der Waals surface area contributed by atoms with E-state index in [0.29, 0.717) is 24.9 Å². The second-order valence-electron chi connectivity index (χ2n) is 7.70. The van der Waals surface area contributed by atoms with Crippen LogP contribution in [0.3, 0.4) is 0 Å². The van der Waals surface area contributed by atoms with Crippen molar-refractivity contribution in [3.05, 3.63) is 0 Å². The molecule has 2 atom stereocenters. The van der Waals surface area contributed by atoms with Crippen molar-refractivity contribution >= 4 is 35.8 Å². The Hall–Kier alpha value is -0.610. The number of aliphatic imine (C=N–C) groups is 1. The fourth-order valence-corrected chi connectivity index (χ4v) is 3.11. The Balaban J connectivity index is 0.00000729. The standard InChI is InChI=1S/C20H41N5O2.HI/c1-6-17(5)24-19(26)8-9-22-20(21-7-2)23-15-18(14-16(3)4)25-10-12-27-13-11-25;/h16-18H,6-15H2,1-5H3,(H,24,26)(H2,21,22,23);1H. The zero-order valence-corrected chi connectivity index (χ0v) is 20.8. The van der Waals surface area contributed by atoms with Crippen molar-refractivity contribution < 1.29 is 9.53 Å². The number of rotatable bonds is 11. The van der Waals surface area contributed by atoms with Crippen LogP contribution in [0, 0.1) is 5.92 Å². The lowest BCUT2D eigenvalue weighted by atomic mass is 10.0. The van der Waals surface area contributed by atoms with Crippen molar-refractivity contribution in [2.24, 2.45) is 10.9 Å². The number of morpholine rings is 1. The zero-order chi connectivity index (χ0) is 20.1. The molecule has 0 bridgehead atoms. The van der Waals surface area contributed by atoms with Crippen molar-refractivity contribution in [1.82, 2.24) is 20.9 Å². The van der Waals surface area contributed by atoms with Gasteiger partial charge in [0.05, 0.1) is 19.8 Å². The third-order valence-electron chi connectivity index (χ3n) is 4.77. The van der Waals surface area contributed by atoms with Gasteiger partial charge in [-0.25, -0.2) is 0 Å². The van der Waals surface area contributed by atoms with Crippen LogP contribution in [0.4, 0.5) is 0 Å². The molecule has 28 heavy (non-hydrogen) atoms. The number of halogens is 1. The average Bonchev–Trinajstić information content (AvgIpc) is 2.65. The molecule has 1 amide bonds. The van der Waals surface area contributed by atoms with Gasteiger partial charge in [0.25, 0.3) is 0 Å². The number of carbonyl (C=O) groups is 1. The maximum absolute atomic E-state index is 11.9. The normalized spacial score (nSPS) is 17.6. The van der Waals surface area contributed by atoms with E-state index in [2.05, 4.69) is 48.5 Å². The van der Waals surface area contributed by atoms with Gasteiger partial charge >= 0.3 is 0 Å². The topological polar surface area (TPSA) is 78.0 Å². The summed E-state index contributed by atoms with van der Waals surface area (Å²) in [6.07, 6.45) is 2.52. The molecule has 2 unspecified atom stereocenters. The maximum Gasteiger partial charge on any atom is 0.221 e. The van der Waals surface area contributed by atoms with Crippen LogP contribution in [0.2, 0.25) is 0 Å². The fourth-order valence-electron chi connectivity index (χ4n) is 3.11. The second-order valence-corrected chi connectivity index (χ2v) is 7.70. The summed E-state index contributed by atoms with van der Waals surface area (Å²) in [5, 5.41) is 9.57. The van der Waals surface area contributed by atoms with Crippen LogP contribution in [-0.2, 0) is 9.53 Å². The summed E-state index contributed by atoms with van der Waals surface area (Å²) in [6.45, 7) is 16.4. The molecule has 1 heterocycles. The van der Waals surface area contributed by atoms with Crippen LogP contribution in [0.5, 0.6) is 0 Å². The summed E-state index contributed by atoms with van der Waals surface area (Å²) in [7, 11) is 0. The molecule has 1 aliphatic rings. The summed E-state index contributed by atoms with van der Waals surface area (Å²) < 4.78 is 5.49.